The topological polar surface area (TPSA) is 114 Å². The van der Waals surface area contributed by atoms with E-state index in [9.17, 15) is 14.4 Å². The van der Waals surface area contributed by atoms with Gasteiger partial charge >= 0.3 is 6.09 Å². The fourth-order valence-electron chi connectivity index (χ4n) is 4.42. The number of rotatable bonds is 8. The first-order chi connectivity index (χ1) is 20.0. The van der Waals surface area contributed by atoms with E-state index in [4.69, 9.17) is 4.74 Å². The third-order valence-corrected chi connectivity index (χ3v) is 8.80. The molecule has 1 saturated heterocycles. The first kappa shape index (κ1) is 27.0. The van der Waals surface area contributed by atoms with Crippen molar-refractivity contribution in [3.63, 3.8) is 0 Å². The van der Waals surface area contributed by atoms with E-state index in [1.54, 1.807) is 18.3 Å². The summed E-state index contributed by atoms with van der Waals surface area (Å²) < 4.78 is 5.63. The molecule has 4 aromatic rings. The first-order valence-electron chi connectivity index (χ1n) is 13.2. The maximum atomic E-state index is 13.5. The number of anilines is 1. The van der Waals surface area contributed by atoms with Crippen molar-refractivity contribution < 1.29 is 19.1 Å². The van der Waals surface area contributed by atoms with Crippen molar-refractivity contribution >= 4 is 46.1 Å². The van der Waals surface area contributed by atoms with Crippen molar-refractivity contribution in [1.82, 2.24) is 20.2 Å². The van der Waals surface area contributed by atoms with Crippen LogP contribution in [0.1, 0.15) is 39.8 Å². The molecule has 1 unspecified atom stereocenters. The van der Waals surface area contributed by atoms with Gasteiger partial charge in [-0.1, -0.05) is 48.5 Å². The van der Waals surface area contributed by atoms with Gasteiger partial charge < -0.3 is 15.4 Å². The largest absolute Gasteiger partial charge is 0.444 e. The summed E-state index contributed by atoms with van der Waals surface area (Å²) in [5, 5.41) is 7.67. The van der Waals surface area contributed by atoms with E-state index in [0.29, 0.717) is 33.9 Å². The highest BCUT2D eigenvalue weighted by atomic mass is 32.2. The van der Waals surface area contributed by atoms with Gasteiger partial charge in [0.2, 0.25) is 5.91 Å². The van der Waals surface area contributed by atoms with Crippen molar-refractivity contribution in [3.05, 3.63) is 101 Å². The smallest absolute Gasteiger partial charge is 0.412 e. The lowest BCUT2D eigenvalue weighted by Crippen LogP contribution is -2.45. The number of amides is 3. The molecule has 41 heavy (non-hydrogen) atoms. The van der Waals surface area contributed by atoms with Crippen LogP contribution in [-0.4, -0.2) is 50.6 Å². The van der Waals surface area contributed by atoms with Crippen LogP contribution in [0.5, 0.6) is 0 Å². The Labute approximate surface area is 245 Å². The summed E-state index contributed by atoms with van der Waals surface area (Å²) in [6.45, 7) is 0.0982. The number of thiazole rings is 1. The molecule has 0 radical (unpaired) electrons. The van der Waals surface area contributed by atoms with Crippen molar-refractivity contribution in [3.8, 4) is 11.3 Å². The van der Waals surface area contributed by atoms with Gasteiger partial charge in [0, 0.05) is 34.5 Å². The maximum absolute atomic E-state index is 13.5. The van der Waals surface area contributed by atoms with E-state index in [1.807, 2.05) is 66.0 Å². The lowest BCUT2D eigenvalue weighted by Gasteiger charge is -2.27. The van der Waals surface area contributed by atoms with Crippen LogP contribution < -0.4 is 10.6 Å². The van der Waals surface area contributed by atoms with Crippen LogP contribution in [0.4, 0.5) is 9.93 Å². The highest BCUT2D eigenvalue weighted by molar-refractivity contribution is 7.99. The number of nitrogens with one attached hydrogen (secondary N) is 2. The fourth-order valence-corrected chi connectivity index (χ4v) is 6.52. The van der Waals surface area contributed by atoms with Gasteiger partial charge in [-0.2, -0.15) is 0 Å². The van der Waals surface area contributed by atoms with Crippen LogP contribution >= 0.6 is 23.1 Å². The Morgan fingerprint density at radius 3 is 2.49 bits per heavy atom. The van der Waals surface area contributed by atoms with Crippen molar-refractivity contribution in [2.24, 2.45) is 0 Å². The zero-order valence-electron chi connectivity index (χ0n) is 21.9. The van der Waals surface area contributed by atoms with Gasteiger partial charge in [0.1, 0.15) is 18.0 Å². The number of carbonyl (C=O) groups excluding carboxylic acids is 3. The Bertz CT molecular complexity index is 1530. The van der Waals surface area contributed by atoms with Gasteiger partial charge in [-0.3, -0.25) is 19.5 Å². The molecule has 6 rings (SSSR count). The molecule has 208 valence electrons. The lowest BCUT2D eigenvalue weighted by molar-refractivity contribution is -0.120. The van der Waals surface area contributed by atoms with Gasteiger partial charge in [0.25, 0.3) is 5.91 Å². The molecule has 2 N–H and O–H groups in total. The fraction of sp³-hybridized carbons (Fsp3) is 0.233. The third kappa shape index (κ3) is 6.41. The van der Waals surface area contributed by atoms with Gasteiger partial charge in [0.15, 0.2) is 5.13 Å². The Morgan fingerprint density at radius 2 is 1.76 bits per heavy atom. The summed E-state index contributed by atoms with van der Waals surface area (Å²) in [5.41, 5.74) is 3.66. The summed E-state index contributed by atoms with van der Waals surface area (Å²) >= 11 is 2.76. The predicted octanol–water partition coefficient (Wildman–Crippen LogP) is 5.49. The monoisotopic (exact) mass is 585 g/mol. The summed E-state index contributed by atoms with van der Waals surface area (Å²) in [6, 6.07) is 21.7. The lowest BCUT2D eigenvalue weighted by atomic mass is 10.1. The van der Waals surface area contributed by atoms with Crippen LogP contribution in [0.15, 0.2) is 84.4 Å². The molecule has 1 aliphatic carbocycles. The standard InChI is InChI=1S/C30H27N5O4S2/c36-26(32-22-13-14-22)21-11-9-20(10-12-21)24-17-41-29(33-24)34-27(37)25-18-40-28(23-8-4-5-15-31-23)35(25)30(38)39-16-19-6-2-1-3-7-19/h1-12,15,17,22,25,28H,13-14,16,18H2,(H,32,36)(H,33,34,37)/t25-,28?/m0/s1. The number of pyridine rings is 1. The number of carbonyl (C=O) groups is 3. The van der Waals surface area contributed by atoms with Gasteiger partial charge in [-0.15, -0.1) is 23.1 Å². The highest BCUT2D eigenvalue weighted by Crippen LogP contribution is 2.41. The summed E-state index contributed by atoms with van der Waals surface area (Å²) in [6.07, 6.45) is 3.15. The molecule has 1 saturated carbocycles. The molecule has 11 heteroatoms. The number of nitrogens with zero attached hydrogens (tertiary/aromatic N) is 3. The van der Waals surface area contributed by atoms with Gasteiger partial charge in [0.05, 0.1) is 11.4 Å². The minimum atomic E-state index is -0.771. The van der Waals surface area contributed by atoms with Gasteiger partial charge in [-0.25, -0.2) is 9.78 Å². The van der Waals surface area contributed by atoms with E-state index in [1.165, 1.54) is 28.0 Å². The van der Waals surface area contributed by atoms with E-state index in [0.717, 1.165) is 24.0 Å². The van der Waals surface area contributed by atoms with Crippen LogP contribution in [0.2, 0.25) is 0 Å². The molecule has 2 aromatic carbocycles. The molecule has 2 fully saturated rings. The Hall–Kier alpha value is -4.22. The average Bonchev–Trinajstić information content (AvgIpc) is 3.51. The van der Waals surface area contributed by atoms with Gasteiger partial charge in [-0.05, 0) is 42.7 Å². The highest BCUT2D eigenvalue weighted by Gasteiger charge is 2.44. The summed E-state index contributed by atoms with van der Waals surface area (Å²) in [7, 11) is 0. The minimum absolute atomic E-state index is 0.0735. The number of benzene rings is 2. The van der Waals surface area contributed by atoms with E-state index >= 15 is 0 Å². The molecular weight excluding hydrogens is 558 g/mol. The van der Waals surface area contributed by atoms with Crippen molar-refractivity contribution in [2.75, 3.05) is 11.1 Å². The molecule has 0 spiro atoms. The quantitative estimate of drug-likeness (QED) is 0.281. The molecule has 2 aromatic heterocycles. The second-order valence-electron chi connectivity index (χ2n) is 9.76. The molecule has 0 bridgehead atoms. The number of hydrogen-bond donors (Lipinski definition) is 2. The average molecular weight is 586 g/mol. The zero-order chi connectivity index (χ0) is 28.2. The Balaban J connectivity index is 1.14. The maximum Gasteiger partial charge on any atom is 0.412 e. The molecular formula is C30H27N5O4S2. The SMILES string of the molecule is O=C(NC1CC1)c1ccc(-c2csc(NC(=O)[C@@H]3CSC(c4ccccn4)N3C(=O)OCc3ccccc3)n2)cc1. The van der Waals surface area contributed by atoms with Crippen LogP contribution in [0.25, 0.3) is 11.3 Å². The second kappa shape index (κ2) is 12.1. The molecule has 2 atom stereocenters. The minimum Gasteiger partial charge on any atom is -0.444 e. The Kier molecular flexibility index (Phi) is 7.97. The molecule has 2 aliphatic rings. The normalized spacial score (nSPS) is 18.1. The third-order valence-electron chi connectivity index (χ3n) is 6.75. The Morgan fingerprint density at radius 1 is 0.976 bits per heavy atom. The predicted molar refractivity (Wildman–Crippen MR) is 158 cm³/mol. The molecule has 3 amide bonds. The summed E-state index contributed by atoms with van der Waals surface area (Å²) in [4.78, 5) is 49.6. The van der Waals surface area contributed by atoms with Crippen molar-refractivity contribution in [1.29, 1.82) is 0 Å². The molecule has 3 heterocycles. The number of aromatic nitrogens is 2. The van der Waals surface area contributed by atoms with E-state index < -0.39 is 17.5 Å². The zero-order valence-corrected chi connectivity index (χ0v) is 23.6. The summed E-state index contributed by atoms with van der Waals surface area (Å²) in [5.74, 6) is -0.0352. The number of ether oxygens (including phenoxy) is 1. The van der Waals surface area contributed by atoms with Crippen LogP contribution in [0, 0.1) is 0 Å². The van der Waals surface area contributed by atoms with E-state index in [2.05, 4.69) is 20.6 Å². The second-order valence-corrected chi connectivity index (χ2v) is 11.7. The number of hydrogen-bond acceptors (Lipinski definition) is 8. The first-order valence-corrected chi connectivity index (χ1v) is 15.2. The van der Waals surface area contributed by atoms with Crippen LogP contribution in [0.3, 0.4) is 0 Å². The molecule has 1 aliphatic heterocycles. The molecule has 9 nitrogen and oxygen atoms in total. The van der Waals surface area contributed by atoms with Crippen molar-refractivity contribution in [2.45, 2.75) is 36.9 Å². The van der Waals surface area contributed by atoms with Crippen LogP contribution in [-0.2, 0) is 16.1 Å². The number of thioether (sulfide) groups is 1. The van der Waals surface area contributed by atoms with E-state index in [-0.39, 0.29) is 18.4 Å².